The van der Waals surface area contributed by atoms with Crippen LogP contribution in [0.25, 0.3) is 0 Å². The van der Waals surface area contributed by atoms with E-state index in [1.165, 1.54) is 11.1 Å². The summed E-state index contributed by atoms with van der Waals surface area (Å²) in [7, 11) is 3.58. The van der Waals surface area contributed by atoms with Crippen molar-refractivity contribution in [3.05, 3.63) is 53.3 Å². The number of hydrogen-bond acceptors (Lipinski definition) is 3. The maximum Gasteiger partial charge on any atom is 0.272 e. The van der Waals surface area contributed by atoms with Gasteiger partial charge in [0.15, 0.2) is 0 Å². The second-order valence-corrected chi connectivity index (χ2v) is 6.61. The van der Waals surface area contributed by atoms with Gasteiger partial charge in [0.25, 0.3) is 5.91 Å². The van der Waals surface area contributed by atoms with Gasteiger partial charge in [0.2, 0.25) is 0 Å². The van der Waals surface area contributed by atoms with E-state index in [1.807, 2.05) is 4.90 Å². The molecular weight excluding hydrogens is 302 g/mol. The summed E-state index contributed by atoms with van der Waals surface area (Å²) in [5.41, 5.74) is 3.21. The van der Waals surface area contributed by atoms with Crippen molar-refractivity contribution < 1.29 is 9.53 Å². The number of likely N-dealkylation sites (tertiary alicyclic amines) is 1. The van der Waals surface area contributed by atoms with Crippen LogP contribution in [-0.2, 0) is 18.2 Å². The second kappa shape index (κ2) is 7.18. The van der Waals surface area contributed by atoms with Crippen LogP contribution in [0.4, 0.5) is 0 Å². The number of aryl methyl sites for hydroxylation is 2. The van der Waals surface area contributed by atoms with Crippen molar-refractivity contribution in [3.63, 3.8) is 0 Å². The summed E-state index contributed by atoms with van der Waals surface area (Å²) in [6.45, 7) is 3.56. The van der Waals surface area contributed by atoms with E-state index in [0.717, 1.165) is 25.9 Å². The monoisotopic (exact) mass is 327 g/mol. The van der Waals surface area contributed by atoms with Gasteiger partial charge in [0.05, 0.1) is 6.10 Å². The van der Waals surface area contributed by atoms with Gasteiger partial charge in [-0.1, -0.05) is 29.8 Å². The third kappa shape index (κ3) is 3.51. The van der Waals surface area contributed by atoms with E-state index in [-0.39, 0.29) is 12.0 Å². The number of rotatable bonds is 4. The lowest BCUT2D eigenvalue weighted by Gasteiger charge is -2.38. The van der Waals surface area contributed by atoms with Gasteiger partial charge >= 0.3 is 0 Å². The largest absolute Gasteiger partial charge is 0.381 e. The Bertz CT molecular complexity index is 710. The SMILES string of the molecule is CO[C@H]1CCN(C(=O)c2ccnn2C)C[C@H]1Cc1cccc(C)c1. The number of methoxy groups -OCH3 is 1. The van der Waals surface area contributed by atoms with E-state index in [9.17, 15) is 4.79 Å². The molecule has 0 unspecified atom stereocenters. The fourth-order valence-electron chi connectivity index (χ4n) is 3.59. The van der Waals surface area contributed by atoms with Gasteiger partial charge < -0.3 is 9.64 Å². The van der Waals surface area contributed by atoms with E-state index >= 15 is 0 Å². The van der Waals surface area contributed by atoms with Gasteiger partial charge in [-0.2, -0.15) is 5.10 Å². The van der Waals surface area contributed by atoms with Crippen molar-refractivity contribution in [2.45, 2.75) is 25.9 Å². The Hall–Kier alpha value is -2.14. The van der Waals surface area contributed by atoms with Crippen LogP contribution in [0, 0.1) is 12.8 Å². The van der Waals surface area contributed by atoms with Crippen LogP contribution >= 0.6 is 0 Å². The second-order valence-electron chi connectivity index (χ2n) is 6.61. The molecule has 1 aliphatic heterocycles. The van der Waals surface area contributed by atoms with Gasteiger partial charge in [-0.05, 0) is 31.4 Å². The van der Waals surface area contributed by atoms with Crippen LogP contribution in [-0.4, -0.2) is 46.9 Å². The molecule has 2 heterocycles. The molecule has 5 heteroatoms. The topological polar surface area (TPSA) is 47.4 Å². The average molecular weight is 327 g/mol. The predicted octanol–water partition coefficient (Wildman–Crippen LogP) is 2.45. The molecule has 1 aliphatic rings. The molecule has 0 aliphatic carbocycles. The zero-order valence-electron chi connectivity index (χ0n) is 14.6. The highest BCUT2D eigenvalue weighted by Crippen LogP contribution is 2.25. The molecule has 0 bridgehead atoms. The Kier molecular flexibility index (Phi) is 5.00. The first-order valence-corrected chi connectivity index (χ1v) is 8.44. The standard InChI is InChI=1S/C19H25N3O2/c1-14-5-4-6-15(11-14)12-16-13-22(10-8-18(16)24-3)19(23)17-7-9-20-21(17)2/h4-7,9,11,16,18H,8,10,12-13H2,1-3H3/t16-,18+/m1/s1. The number of piperidine rings is 1. The van der Waals surface area contributed by atoms with E-state index in [1.54, 1.807) is 31.1 Å². The summed E-state index contributed by atoms with van der Waals surface area (Å²) < 4.78 is 7.33. The van der Waals surface area contributed by atoms with Crippen LogP contribution < -0.4 is 0 Å². The zero-order chi connectivity index (χ0) is 17.1. The lowest BCUT2D eigenvalue weighted by atomic mass is 9.88. The summed E-state index contributed by atoms with van der Waals surface area (Å²) >= 11 is 0. The van der Waals surface area contributed by atoms with Crippen molar-refractivity contribution in [2.24, 2.45) is 13.0 Å². The minimum absolute atomic E-state index is 0.0544. The maximum atomic E-state index is 12.8. The average Bonchev–Trinajstić information content (AvgIpc) is 3.00. The van der Waals surface area contributed by atoms with Gasteiger partial charge in [0, 0.05) is 39.4 Å². The van der Waals surface area contributed by atoms with Gasteiger partial charge in [-0.25, -0.2) is 0 Å². The van der Waals surface area contributed by atoms with Crippen molar-refractivity contribution in [1.29, 1.82) is 0 Å². The number of aromatic nitrogens is 2. The molecule has 1 fully saturated rings. The van der Waals surface area contributed by atoms with Crippen LogP contribution in [0.5, 0.6) is 0 Å². The van der Waals surface area contributed by atoms with Gasteiger partial charge in [-0.15, -0.1) is 0 Å². The summed E-state index contributed by atoms with van der Waals surface area (Å²) in [5.74, 6) is 0.363. The Balaban J connectivity index is 1.74. The fourth-order valence-corrected chi connectivity index (χ4v) is 3.59. The molecule has 1 aromatic carbocycles. The third-order valence-electron chi connectivity index (χ3n) is 4.87. The Morgan fingerprint density at radius 3 is 2.88 bits per heavy atom. The van der Waals surface area contributed by atoms with Gasteiger partial charge in [0.1, 0.15) is 5.69 Å². The molecule has 24 heavy (non-hydrogen) atoms. The molecule has 0 spiro atoms. The van der Waals surface area contributed by atoms with Crippen LogP contribution in [0.15, 0.2) is 36.5 Å². The number of carbonyl (C=O) groups excluding carboxylic acids is 1. The lowest BCUT2D eigenvalue weighted by Crippen LogP contribution is -2.47. The summed E-state index contributed by atoms with van der Waals surface area (Å²) in [6, 6.07) is 10.3. The molecule has 1 amide bonds. The molecule has 128 valence electrons. The number of hydrogen-bond donors (Lipinski definition) is 0. The third-order valence-corrected chi connectivity index (χ3v) is 4.87. The molecule has 0 saturated carbocycles. The van der Waals surface area contributed by atoms with E-state index < -0.39 is 0 Å². The molecule has 5 nitrogen and oxygen atoms in total. The first-order valence-electron chi connectivity index (χ1n) is 8.44. The Morgan fingerprint density at radius 1 is 1.38 bits per heavy atom. The summed E-state index contributed by atoms with van der Waals surface area (Å²) in [5, 5.41) is 4.10. The fraction of sp³-hybridized carbons (Fsp3) is 0.474. The molecule has 2 aromatic rings. The highest BCUT2D eigenvalue weighted by Gasteiger charge is 2.32. The Labute approximate surface area is 143 Å². The lowest BCUT2D eigenvalue weighted by molar-refractivity contribution is -0.00331. The highest BCUT2D eigenvalue weighted by molar-refractivity contribution is 5.92. The molecule has 0 N–H and O–H groups in total. The van der Waals surface area contributed by atoms with Crippen molar-refractivity contribution in [1.82, 2.24) is 14.7 Å². The van der Waals surface area contributed by atoms with Crippen LogP contribution in [0.2, 0.25) is 0 Å². The molecule has 1 aromatic heterocycles. The molecular formula is C19H25N3O2. The number of nitrogens with zero attached hydrogens (tertiary/aromatic N) is 3. The molecule has 1 saturated heterocycles. The van der Waals surface area contributed by atoms with Crippen molar-refractivity contribution in [3.8, 4) is 0 Å². The molecule has 0 radical (unpaired) electrons. The summed E-state index contributed by atoms with van der Waals surface area (Å²) in [6.07, 6.45) is 3.66. The molecule has 3 rings (SSSR count). The van der Waals surface area contributed by atoms with Crippen molar-refractivity contribution in [2.75, 3.05) is 20.2 Å². The normalized spacial score (nSPS) is 21.0. The quantitative estimate of drug-likeness (QED) is 0.866. The zero-order valence-corrected chi connectivity index (χ0v) is 14.6. The van der Waals surface area contributed by atoms with Crippen LogP contribution in [0.1, 0.15) is 28.0 Å². The highest BCUT2D eigenvalue weighted by atomic mass is 16.5. The van der Waals surface area contributed by atoms with Gasteiger partial charge in [-0.3, -0.25) is 9.48 Å². The number of amides is 1. The minimum atomic E-state index is 0.0544. The summed E-state index contributed by atoms with van der Waals surface area (Å²) in [4.78, 5) is 14.7. The Morgan fingerprint density at radius 2 is 2.21 bits per heavy atom. The number of carbonyl (C=O) groups is 1. The number of benzene rings is 1. The first-order chi connectivity index (χ1) is 11.6. The maximum absolute atomic E-state index is 12.8. The van der Waals surface area contributed by atoms with Crippen molar-refractivity contribution >= 4 is 5.91 Å². The predicted molar refractivity (Wildman–Crippen MR) is 92.9 cm³/mol. The smallest absolute Gasteiger partial charge is 0.272 e. The minimum Gasteiger partial charge on any atom is -0.381 e. The van der Waals surface area contributed by atoms with Crippen LogP contribution in [0.3, 0.4) is 0 Å². The first kappa shape index (κ1) is 16.7. The number of ether oxygens (including phenoxy) is 1. The van der Waals surface area contributed by atoms with E-state index in [0.29, 0.717) is 11.6 Å². The van der Waals surface area contributed by atoms with E-state index in [2.05, 4.69) is 36.3 Å². The molecule has 2 atom stereocenters. The van der Waals surface area contributed by atoms with E-state index in [4.69, 9.17) is 4.74 Å².